The van der Waals surface area contributed by atoms with Gasteiger partial charge in [-0.25, -0.2) is 4.98 Å². The maximum atomic E-state index is 5.91. The number of rotatable bonds is 2. The molecule has 0 aliphatic rings. The van der Waals surface area contributed by atoms with Gasteiger partial charge in [0.15, 0.2) is 0 Å². The van der Waals surface area contributed by atoms with Crippen LogP contribution in [0.4, 0.5) is 0 Å². The third-order valence-electron chi connectivity index (χ3n) is 2.13. The van der Waals surface area contributed by atoms with Gasteiger partial charge >= 0.3 is 0 Å². The second-order valence-electron chi connectivity index (χ2n) is 3.06. The molecule has 2 rings (SSSR count). The first-order valence-corrected chi connectivity index (χ1v) is 5.32. The van der Waals surface area contributed by atoms with E-state index in [2.05, 4.69) is 4.98 Å². The van der Waals surface area contributed by atoms with Crippen molar-refractivity contribution in [2.75, 3.05) is 5.88 Å². The second-order valence-corrected chi connectivity index (χ2v) is 3.83. The zero-order valence-electron chi connectivity index (χ0n) is 7.50. The van der Waals surface area contributed by atoms with E-state index in [0.717, 1.165) is 22.9 Å². The van der Waals surface area contributed by atoms with Crippen LogP contribution in [0.25, 0.3) is 10.9 Å². The molecule has 0 spiro atoms. The fourth-order valence-corrected chi connectivity index (χ4v) is 1.95. The highest BCUT2D eigenvalue weighted by Crippen LogP contribution is 2.21. The molecule has 3 heteroatoms. The minimum Gasteiger partial charge on any atom is -0.236 e. The van der Waals surface area contributed by atoms with E-state index in [1.807, 2.05) is 30.3 Å². The average Bonchev–Trinajstić information content (AvgIpc) is 2.18. The van der Waals surface area contributed by atoms with Crippen LogP contribution in [-0.4, -0.2) is 10.9 Å². The molecule has 0 aliphatic heterocycles. The Hall–Kier alpha value is -0.790. The van der Waals surface area contributed by atoms with Crippen molar-refractivity contribution < 1.29 is 0 Å². The molecule has 1 aromatic heterocycles. The van der Waals surface area contributed by atoms with E-state index in [1.165, 1.54) is 0 Å². The lowest BCUT2D eigenvalue weighted by atomic mass is 10.1. The molecule has 0 atom stereocenters. The van der Waals surface area contributed by atoms with E-state index in [-0.39, 0.29) is 0 Å². The van der Waals surface area contributed by atoms with E-state index < -0.39 is 0 Å². The Kier molecular flexibility index (Phi) is 2.90. The predicted molar refractivity (Wildman–Crippen MR) is 61.2 cm³/mol. The summed E-state index contributed by atoms with van der Waals surface area (Å²) in [4.78, 5) is 4.24. The minimum absolute atomic E-state index is 0.531. The fourth-order valence-electron chi connectivity index (χ4n) is 1.52. The molecule has 0 bridgehead atoms. The average molecular weight is 226 g/mol. The van der Waals surface area contributed by atoms with Crippen molar-refractivity contribution in [3.8, 4) is 0 Å². The van der Waals surface area contributed by atoms with Crippen LogP contribution in [0.1, 0.15) is 5.56 Å². The number of nitrogens with zero attached hydrogens (tertiary/aromatic N) is 1. The summed E-state index contributed by atoms with van der Waals surface area (Å²) >= 11 is 11.6. The molecule has 0 unspecified atom stereocenters. The van der Waals surface area contributed by atoms with Gasteiger partial charge in [0, 0.05) is 11.3 Å². The summed E-state index contributed by atoms with van der Waals surface area (Å²) in [6, 6.07) is 9.83. The van der Waals surface area contributed by atoms with Gasteiger partial charge in [-0.15, -0.1) is 11.6 Å². The Morgan fingerprint density at radius 3 is 2.79 bits per heavy atom. The van der Waals surface area contributed by atoms with Crippen LogP contribution >= 0.6 is 23.2 Å². The number of hydrogen-bond donors (Lipinski definition) is 0. The summed E-state index contributed by atoms with van der Waals surface area (Å²) < 4.78 is 0. The van der Waals surface area contributed by atoms with Gasteiger partial charge in [0.1, 0.15) is 5.15 Å². The van der Waals surface area contributed by atoms with Crippen LogP contribution in [0, 0.1) is 0 Å². The van der Waals surface area contributed by atoms with Gasteiger partial charge in [-0.05, 0) is 24.1 Å². The van der Waals surface area contributed by atoms with Gasteiger partial charge in [0.2, 0.25) is 0 Å². The van der Waals surface area contributed by atoms with Crippen LogP contribution in [0.15, 0.2) is 30.3 Å². The maximum absolute atomic E-state index is 5.91. The van der Waals surface area contributed by atoms with Crippen molar-refractivity contribution >= 4 is 34.1 Å². The molecule has 72 valence electrons. The van der Waals surface area contributed by atoms with Crippen LogP contribution in [0.3, 0.4) is 0 Å². The summed E-state index contributed by atoms with van der Waals surface area (Å²) in [5, 5.41) is 1.67. The molecule has 1 heterocycles. The van der Waals surface area contributed by atoms with Crippen molar-refractivity contribution in [3.63, 3.8) is 0 Å². The monoisotopic (exact) mass is 225 g/mol. The first-order valence-electron chi connectivity index (χ1n) is 4.41. The Balaban J connectivity index is 2.67. The lowest BCUT2D eigenvalue weighted by Gasteiger charge is -2.04. The van der Waals surface area contributed by atoms with Crippen LogP contribution in [-0.2, 0) is 6.42 Å². The topological polar surface area (TPSA) is 12.9 Å². The van der Waals surface area contributed by atoms with Crippen molar-refractivity contribution in [3.05, 3.63) is 41.0 Å². The molecule has 0 fully saturated rings. The molecule has 1 aromatic carbocycles. The number of aryl methyl sites for hydroxylation is 1. The maximum Gasteiger partial charge on any atom is 0.130 e. The van der Waals surface area contributed by atoms with E-state index in [1.54, 1.807) is 0 Å². The summed E-state index contributed by atoms with van der Waals surface area (Å²) in [5.41, 5.74) is 2.09. The lowest BCUT2D eigenvalue weighted by molar-refractivity contribution is 1.16. The third-order valence-corrected chi connectivity index (χ3v) is 2.52. The van der Waals surface area contributed by atoms with E-state index in [9.17, 15) is 0 Å². The number of aromatic nitrogens is 1. The van der Waals surface area contributed by atoms with E-state index in [4.69, 9.17) is 23.2 Å². The highest BCUT2D eigenvalue weighted by molar-refractivity contribution is 6.30. The Bertz CT molecular complexity index is 454. The van der Waals surface area contributed by atoms with Gasteiger partial charge in [-0.1, -0.05) is 29.8 Å². The Morgan fingerprint density at radius 2 is 2.00 bits per heavy atom. The van der Waals surface area contributed by atoms with Gasteiger partial charge in [0.05, 0.1) is 5.52 Å². The molecule has 0 N–H and O–H groups in total. The normalized spacial score (nSPS) is 10.7. The standard InChI is InChI=1S/C11H9Cl2N/c12-6-5-8-7-11(13)14-10-4-2-1-3-9(8)10/h1-4,7H,5-6H2. The Morgan fingerprint density at radius 1 is 1.21 bits per heavy atom. The summed E-state index contributed by atoms with van der Waals surface area (Å²) in [6.45, 7) is 0. The molecule has 0 saturated heterocycles. The van der Waals surface area contributed by atoms with Gasteiger partial charge in [-0.3, -0.25) is 0 Å². The first-order chi connectivity index (χ1) is 6.81. The van der Waals surface area contributed by atoms with Crippen LogP contribution in [0.5, 0.6) is 0 Å². The number of alkyl halides is 1. The number of benzene rings is 1. The molecular weight excluding hydrogens is 217 g/mol. The molecule has 0 saturated carbocycles. The molecule has 2 aromatic rings. The number of pyridine rings is 1. The molecule has 0 aliphatic carbocycles. The predicted octanol–water partition coefficient (Wildman–Crippen LogP) is 3.67. The highest BCUT2D eigenvalue weighted by Gasteiger charge is 2.03. The van der Waals surface area contributed by atoms with Gasteiger partial charge in [0.25, 0.3) is 0 Å². The van der Waals surface area contributed by atoms with Crippen LogP contribution in [0.2, 0.25) is 5.15 Å². The van der Waals surface area contributed by atoms with Crippen molar-refractivity contribution in [2.45, 2.75) is 6.42 Å². The number of hydrogen-bond acceptors (Lipinski definition) is 1. The van der Waals surface area contributed by atoms with Gasteiger partial charge in [-0.2, -0.15) is 0 Å². The van der Waals surface area contributed by atoms with Crippen molar-refractivity contribution in [2.24, 2.45) is 0 Å². The summed E-state index contributed by atoms with van der Waals surface area (Å²) in [5.74, 6) is 0.602. The fraction of sp³-hybridized carbons (Fsp3) is 0.182. The smallest absolute Gasteiger partial charge is 0.130 e. The van der Waals surface area contributed by atoms with Crippen molar-refractivity contribution in [1.29, 1.82) is 0 Å². The van der Waals surface area contributed by atoms with Crippen molar-refractivity contribution in [1.82, 2.24) is 4.98 Å². The number of para-hydroxylation sites is 1. The van der Waals surface area contributed by atoms with Crippen LogP contribution < -0.4 is 0 Å². The molecule has 0 amide bonds. The molecule has 14 heavy (non-hydrogen) atoms. The molecule has 0 radical (unpaired) electrons. The minimum atomic E-state index is 0.531. The second kappa shape index (κ2) is 4.16. The number of fused-ring (bicyclic) bond motifs is 1. The molecular formula is C11H9Cl2N. The Labute approximate surface area is 92.7 Å². The number of halogens is 2. The van der Waals surface area contributed by atoms with E-state index in [0.29, 0.717) is 11.0 Å². The first kappa shape index (κ1) is 9.75. The zero-order chi connectivity index (χ0) is 9.97. The quantitative estimate of drug-likeness (QED) is 0.562. The summed E-state index contributed by atoms with van der Waals surface area (Å²) in [7, 11) is 0. The summed E-state index contributed by atoms with van der Waals surface area (Å²) in [6.07, 6.45) is 0.824. The molecule has 1 nitrogen and oxygen atoms in total. The zero-order valence-corrected chi connectivity index (χ0v) is 9.02. The van der Waals surface area contributed by atoms with Gasteiger partial charge < -0.3 is 0 Å². The highest BCUT2D eigenvalue weighted by atomic mass is 35.5. The lowest BCUT2D eigenvalue weighted by Crippen LogP contribution is -1.91. The largest absolute Gasteiger partial charge is 0.236 e. The van der Waals surface area contributed by atoms with E-state index >= 15 is 0 Å². The SMILES string of the molecule is ClCCc1cc(Cl)nc2ccccc12. The third kappa shape index (κ3) is 1.84.